The van der Waals surface area contributed by atoms with Gasteiger partial charge in [0.1, 0.15) is 4.92 Å². The molecule has 0 unspecified atom stereocenters. The third kappa shape index (κ3) is 4.69. The number of hydrogen-bond donors (Lipinski definition) is 0. The highest BCUT2D eigenvalue weighted by molar-refractivity contribution is 7.07. The van der Waals surface area contributed by atoms with Crippen LogP contribution in [-0.4, -0.2) is 37.1 Å². The van der Waals surface area contributed by atoms with Crippen LogP contribution in [0.4, 0.5) is 11.6 Å². The Morgan fingerprint density at radius 2 is 1.74 bits per heavy atom. The van der Waals surface area contributed by atoms with Gasteiger partial charge in [0.25, 0.3) is 0 Å². The molecule has 2 heterocycles. The van der Waals surface area contributed by atoms with Gasteiger partial charge in [-0.15, -0.1) is 11.3 Å². The van der Waals surface area contributed by atoms with Gasteiger partial charge in [-0.3, -0.25) is 10.1 Å². The minimum atomic E-state index is -0.605. The van der Waals surface area contributed by atoms with Crippen LogP contribution < -0.4 is 19.0 Å². The van der Waals surface area contributed by atoms with Gasteiger partial charge in [0, 0.05) is 10.9 Å². The maximum Gasteiger partial charge on any atom is 0.433 e. The van der Waals surface area contributed by atoms with Gasteiger partial charge in [0.05, 0.1) is 45.0 Å². The van der Waals surface area contributed by atoms with Crippen molar-refractivity contribution in [2.24, 2.45) is 10.1 Å². The summed E-state index contributed by atoms with van der Waals surface area (Å²) in [6.07, 6.45) is 1.39. The summed E-state index contributed by atoms with van der Waals surface area (Å²) in [5, 5.41) is 17.3. The molecule has 0 spiro atoms. The molecule has 4 rings (SSSR count). The minimum Gasteiger partial charge on any atom is -0.493 e. The van der Waals surface area contributed by atoms with Crippen molar-refractivity contribution >= 4 is 29.1 Å². The van der Waals surface area contributed by atoms with Gasteiger partial charge in [-0.25, -0.2) is 9.67 Å². The molecule has 0 bridgehead atoms. The number of nitro groups is 1. The number of nitrogens with zero attached hydrogens (tertiary/aromatic N) is 4. The van der Waals surface area contributed by atoms with Crippen LogP contribution in [0.1, 0.15) is 5.76 Å². The van der Waals surface area contributed by atoms with E-state index in [-0.39, 0.29) is 11.6 Å². The van der Waals surface area contributed by atoms with Crippen molar-refractivity contribution in [2.45, 2.75) is 0 Å². The van der Waals surface area contributed by atoms with E-state index in [4.69, 9.17) is 23.6 Å². The molecule has 0 aliphatic rings. The van der Waals surface area contributed by atoms with Crippen LogP contribution >= 0.6 is 11.3 Å². The maximum atomic E-state index is 10.9. The molecule has 0 N–H and O–H groups in total. The Morgan fingerprint density at radius 3 is 2.32 bits per heavy atom. The zero-order valence-corrected chi connectivity index (χ0v) is 19.3. The maximum absolute atomic E-state index is 10.9. The van der Waals surface area contributed by atoms with Gasteiger partial charge in [-0.05, 0) is 30.3 Å². The highest BCUT2D eigenvalue weighted by Gasteiger charge is 2.17. The van der Waals surface area contributed by atoms with Crippen molar-refractivity contribution in [2.75, 3.05) is 21.3 Å². The number of hydrogen-bond acceptors (Lipinski definition) is 9. The second-order valence-electron chi connectivity index (χ2n) is 6.75. The lowest BCUT2D eigenvalue weighted by Gasteiger charge is -2.14. The molecule has 0 aliphatic carbocycles. The van der Waals surface area contributed by atoms with E-state index < -0.39 is 4.92 Å². The molecule has 4 aromatic rings. The Hall–Kier alpha value is -4.38. The van der Waals surface area contributed by atoms with Crippen molar-refractivity contribution < 1.29 is 23.6 Å². The largest absolute Gasteiger partial charge is 0.493 e. The normalized spacial score (nSPS) is 11.7. The van der Waals surface area contributed by atoms with Gasteiger partial charge in [0.2, 0.25) is 10.6 Å². The summed E-state index contributed by atoms with van der Waals surface area (Å²) in [6, 6.07) is 15.8. The Morgan fingerprint density at radius 1 is 1.03 bits per heavy atom. The molecule has 0 saturated carbocycles. The lowest BCUT2D eigenvalue weighted by atomic mass is 10.1. The Kier molecular flexibility index (Phi) is 6.74. The topological polar surface area (TPSA) is 114 Å². The molecule has 2 aromatic carbocycles. The summed E-state index contributed by atoms with van der Waals surface area (Å²) >= 11 is 1.38. The molecule has 0 atom stereocenters. The lowest BCUT2D eigenvalue weighted by Crippen LogP contribution is -2.11. The summed E-state index contributed by atoms with van der Waals surface area (Å²) in [7, 11) is 4.62. The highest BCUT2D eigenvalue weighted by atomic mass is 32.1. The van der Waals surface area contributed by atoms with Crippen molar-refractivity contribution in [1.29, 1.82) is 0 Å². The average Bonchev–Trinajstić information content (AvgIpc) is 3.49. The van der Waals surface area contributed by atoms with E-state index in [9.17, 15) is 10.1 Å². The van der Waals surface area contributed by atoms with Gasteiger partial charge in [0.15, 0.2) is 17.3 Å². The summed E-state index contributed by atoms with van der Waals surface area (Å²) in [6.45, 7) is 0. The summed E-state index contributed by atoms with van der Waals surface area (Å²) in [4.78, 5) is 15.6. The molecular weight excluding hydrogens is 460 g/mol. The third-order valence-corrected chi connectivity index (χ3v) is 5.54. The second-order valence-corrected chi connectivity index (χ2v) is 7.59. The van der Waals surface area contributed by atoms with E-state index in [2.05, 4.69) is 5.10 Å². The molecule has 0 fully saturated rings. The molecule has 10 nitrogen and oxygen atoms in total. The fourth-order valence-corrected chi connectivity index (χ4v) is 4.01. The number of ether oxygens (including phenoxy) is 3. The van der Waals surface area contributed by atoms with E-state index in [0.29, 0.717) is 27.7 Å². The number of methoxy groups -OCH3 is 3. The number of benzene rings is 2. The van der Waals surface area contributed by atoms with Crippen molar-refractivity contribution in [3.63, 3.8) is 0 Å². The Balaban J connectivity index is 1.87. The first-order valence-electron chi connectivity index (χ1n) is 9.93. The quantitative estimate of drug-likeness (QED) is 0.202. The van der Waals surface area contributed by atoms with E-state index in [1.54, 1.807) is 31.0 Å². The zero-order valence-electron chi connectivity index (χ0n) is 18.5. The second kappa shape index (κ2) is 10.0. The summed E-state index contributed by atoms with van der Waals surface area (Å²) in [5.41, 5.74) is 2.18. The average molecular weight is 481 g/mol. The summed E-state index contributed by atoms with van der Waals surface area (Å²) in [5.74, 6) is 1.31. The first-order valence-corrected chi connectivity index (χ1v) is 10.8. The molecule has 2 aromatic heterocycles. The number of furan rings is 1. The highest BCUT2D eigenvalue weighted by Crippen LogP contribution is 2.41. The van der Waals surface area contributed by atoms with Crippen LogP contribution in [0, 0.1) is 10.1 Å². The van der Waals surface area contributed by atoms with Crippen LogP contribution in [0.3, 0.4) is 0 Å². The molecule has 0 aliphatic heterocycles. The van der Waals surface area contributed by atoms with Crippen LogP contribution in [0.15, 0.2) is 74.5 Å². The summed E-state index contributed by atoms with van der Waals surface area (Å²) < 4.78 is 23.2. The number of thiazole rings is 1. The van der Waals surface area contributed by atoms with Gasteiger partial charge in [-0.1, -0.05) is 18.2 Å². The van der Waals surface area contributed by atoms with Crippen molar-refractivity contribution in [3.8, 4) is 28.5 Å². The molecule has 174 valence electrons. The van der Waals surface area contributed by atoms with Gasteiger partial charge < -0.3 is 18.6 Å². The number of rotatable bonds is 8. The van der Waals surface area contributed by atoms with Crippen LogP contribution in [0.25, 0.3) is 11.3 Å². The van der Waals surface area contributed by atoms with Crippen LogP contribution in [-0.2, 0) is 0 Å². The van der Waals surface area contributed by atoms with E-state index in [1.807, 2.05) is 35.7 Å². The lowest BCUT2D eigenvalue weighted by molar-refractivity contribution is -0.402. The van der Waals surface area contributed by atoms with Crippen LogP contribution in [0.2, 0.25) is 0 Å². The first kappa shape index (κ1) is 22.8. The SMILES string of the molecule is COc1cc(-c2csc(=Nc3ccccc3)n2N=Cc2ccc([N+](=O)[O-])o2)cc(OC)c1OC. The van der Waals surface area contributed by atoms with Crippen molar-refractivity contribution in [1.82, 2.24) is 4.68 Å². The van der Waals surface area contributed by atoms with Gasteiger partial charge >= 0.3 is 5.88 Å². The fraction of sp³-hybridized carbons (Fsp3) is 0.130. The standard InChI is InChI=1S/C23H20N4O6S/c1-30-19-11-15(12-20(31-2)22(19)32-3)18-14-34-23(25-16-7-5-4-6-8-16)26(18)24-13-17-9-10-21(33-17)27(28)29/h4-14H,1-3H3. The Labute approximate surface area is 198 Å². The first-order chi connectivity index (χ1) is 16.5. The van der Waals surface area contributed by atoms with E-state index in [0.717, 1.165) is 11.3 Å². The third-order valence-electron chi connectivity index (χ3n) is 4.72. The Bertz CT molecular complexity index is 1380. The molecule has 34 heavy (non-hydrogen) atoms. The molecule has 0 radical (unpaired) electrons. The van der Waals surface area contributed by atoms with Gasteiger partial charge in [-0.2, -0.15) is 5.10 Å². The molecular formula is C23H20N4O6S. The van der Waals surface area contributed by atoms with E-state index >= 15 is 0 Å². The number of aromatic nitrogens is 1. The zero-order chi connectivity index (χ0) is 24.1. The van der Waals surface area contributed by atoms with Crippen molar-refractivity contribution in [3.05, 3.63) is 80.7 Å². The molecule has 11 heteroatoms. The minimum absolute atomic E-state index is 0.229. The smallest absolute Gasteiger partial charge is 0.433 e. The molecule has 0 amide bonds. The fourth-order valence-electron chi connectivity index (χ4n) is 3.15. The number of para-hydroxylation sites is 1. The predicted octanol–water partition coefficient (Wildman–Crippen LogP) is 4.86. The molecule has 0 saturated heterocycles. The van der Waals surface area contributed by atoms with E-state index in [1.165, 1.54) is 36.8 Å². The monoisotopic (exact) mass is 480 g/mol. The van der Waals surface area contributed by atoms with Crippen LogP contribution in [0.5, 0.6) is 17.2 Å². The predicted molar refractivity (Wildman–Crippen MR) is 127 cm³/mol.